The minimum absolute atomic E-state index is 0.145. The van der Waals surface area contributed by atoms with Crippen molar-refractivity contribution in [3.63, 3.8) is 0 Å². The first-order chi connectivity index (χ1) is 12.6. The van der Waals surface area contributed by atoms with Crippen molar-refractivity contribution in [1.29, 1.82) is 0 Å². The van der Waals surface area contributed by atoms with Crippen molar-refractivity contribution in [2.24, 2.45) is 0 Å². The molecule has 130 valence electrons. The second-order valence-electron chi connectivity index (χ2n) is 6.18. The number of carbonyl (C=O) groups is 1. The maximum Gasteiger partial charge on any atom is 0.256 e. The van der Waals surface area contributed by atoms with Crippen molar-refractivity contribution in [2.75, 3.05) is 5.32 Å². The predicted octanol–water partition coefficient (Wildman–Crippen LogP) is 4.39. The summed E-state index contributed by atoms with van der Waals surface area (Å²) in [4.78, 5) is 21.7. The zero-order chi connectivity index (χ0) is 18.1. The number of hydrogen-bond donors (Lipinski definition) is 1. The van der Waals surface area contributed by atoms with E-state index in [0.29, 0.717) is 16.9 Å². The van der Waals surface area contributed by atoms with Gasteiger partial charge < -0.3 is 5.32 Å². The normalized spacial score (nSPS) is 11.2. The molecule has 0 aliphatic heterocycles. The quantitative estimate of drug-likeness (QED) is 0.584. The zero-order valence-corrected chi connectivity index (χ0v) is 15.2. The van der Waals surface area contributed by atoms with Crippen LogP contribution in [-0.2, 0) is 0 Å². The molecule has 4 heterocycles. The molecule has 0 aliphatic carbocycles. The molecule has 6 nitrogen and oxygen atoms in total. The van der Waals surface area contributed by atoms with E-state index in [1.807, 2.05) is 41.4 Å². The highest BCUT2D eigenvalue weighted by Gasteiger charge is 2.18. The first-order valence-corrected chi connectivity index (χ1v) is 9.20. The summed E-state index contributed by atoms with van der Waals surface area (Å²) in [5.74, 6) is -0.204. The lowest BCUT2D eigenvalue weighted by Crippen LogP contribution is -2.13. The standard InChI is InChI=1S/C19H17N5OS/c1-12(2)24-18-16(10-21-24)15(8-17(23-18)13-5-7-26-11-13)19(25)22-14-4-3-6-20-9-14/h3-12H,1-2H3,(H,22,25). The Morgan fingerprint density at radius 3 is 2.85 bits per heavy atom. The molecular formula is C19H17N5OS. The van der Waals surface area contributed by atoms with Crippen LogP contribution in [0.15, 0.2) is 53.6 Å². The molecule has 0 aromatic carbocycles. The lowest BCUT2D eigenvalue weighted by atomic mass is 10.1. The van der Waals surface area contributed by atoms with Crippen LogP contribution in [0, 0.1) is 0 Å². The Bertz CT molecular complexity index is 1050. The van der Waals surface area contributed by atoms with Gasteiger partial charge in [0.05, 0.1) is 34.7 Å². The van der Waals surface area contributed by atoms with Gasteiger partial charge in [-0.25, -0.2) is 9.67 Å². The Morgan fingerprint density at radius 1 is 1.27 bits per heavy atom. The number of nitrogens with one attached hydrogen (secondary N) is 1. The van der Waals surface area contributed by atoms with Gasteiger partial charge in [0.15, 0.2) is 5.65 Å². The molecule has 0 saturated heterocycles. The molecule has 4 rings (SSSR count). The van der Waals surface area contributed by atoms with E-state index in [2.05, 4.69) is 15.4 Å². The van der Waals surface area contributed by atoms with Crippen LogP contribution < -0.4 is 5.32 Å². The van der Waals surface area contributed by atoms with Gasteiger partial charge in [-0.1, -0.05) is 0 Å². The van der Waals surface area contributed by atoms with E-state index in [-0.39, 0.29) is 11.9 Å². The van der Waals surface area contributed by atoms with Crippen molar-refractivity contribution in [1.82, 2.24) is 19.7 Å². The topological polar surface area (TPSA) is 72.7 Å². The van der Waals surface area contributed by atoms with Crippen molar-refractivity contribution in [3.8, 4) is 11.3 Å². The lowest BCUT2D eigenvalue weighted by molar-refractivity contribution is 0.102. The van der Waals surface area contributed by atoms with Crippen molar-refractivity contribution in [3.05, 3.63) is 59.2 Å². The highest BCUT2D eigenvalue weighted by atomic mass is 32.1. The molecule has 7 heteroatoms. The highest BCUT2D eigenvalue weighted by Crippen LogP contribution is 2.28. The summed E-state index contributed by atoms with van der Waals surface area (Å²) >= 11 is 1.60. The molecule has 0 fully saturated rings. The van der Waals surface area contributed by atoms with Gasteiger partial charge in [0.1, 0.15) is 0 Å². The maximum absolute atomic E-state index is 12.9. The van der Waals surface area contributed by atoms with Gasteiger partial charge in [0, 0.05) is 23.2 Å². The average molecular weight is 363 g/mol. The fraction of sp³-hybridized carbons (Fsp3) is 0.158. The van der Waals surface area contributed by atoms with E-state index in [0.717, 1.165) is 16.6 Å². The smallest absolute Gasteiger partial charge is 0.256 e. The largest absolute Gasteiger partial charge is 0.321 e. The summed E-state index contributed by atoms with van der Waals surface area (Å²) < 4.78 is 1.84. The van der Waals surface area contributed by atoms with Crippen LogP contribution >= 0.6 is 11.3 Å². The molecule has 26 heavy (non-hydrogen) atoms. The minimum Gasteiger partial charge on any atom is -0.321 e. The number of amides is 1. The van der Waals surface area contributed by atoms with Gasteiger partial charge in [0.2, 0.25) is 0 Å². The number of nitrogens with zero attached hydrogens (tertiary/aromatic N) is 4. The third-order valence-electron chi connectivity index (χ3n) is 4.04. The van der Waals surface area contributed by atoms with E-state index in [1.54, 1.807) is 42.1 Å². The van der Waals surface area contributed by atoms with Crippen LogP contribution in [-0.4, -0.2) is 25.7 Å². The summed E-state index contributed by atoms with van der Waals surface area (Å²) in [6.07, 6.45) is 4.99. The van der Waals surface area contributed by atoms with Crippen LogP contribution in [0.3, 0.4) is 0 Å². The molecule has 0 spiro atoms. The Labute approximate surface area is 154 Å². The molecule has 0 atom stereocenters. The molecule has 1 amide bonds. The number of fused-ring (bicyclic) bond motifs is 1. The predicted molar refractivity (Wildman–Crippen MR) is 103 cm³/mol. The second-order valence-corrected chi connectivity index (χ2v) is 6.96. The van der Waals surface area contributed by atoms with Gasteiger partial charge in [-0.3, -0.25) is 9.78 Å². The van der Waals surface area contributed by atoms with E-state index in [4.69, 9.17) is 4.98 Å². The minimum atomic E-state index is -0.204. The molecule has 0 bridgehead atoms. The number of rotatable bonds is 4. The molecule has 4 aromatic rings. The number of pyridine rings is 2. The summed E-state index contributed by atoms with van der Waals surface area (Å²) in [6, 6.07) is 7.55. The Kier molecular flexibility index (Phi) is 4.22. The third-order valence-corrected chi connectivity index (χ3v) is 4.72. The third kappa shape index (κ3) is 2.97. The Morgan fingerprint density at radius 2 is 2.15 bits per heavy atom. The molecule has 0 radical (unpaired) electrons. The van der Waals surface area contributed by atoms with Gasteiger partial charge in [-0.15, -0.1) is 0 Å². The lowest BCUT2D eigenvalue weighted by Gasteiger charge is -2.10. The van der Waals surface area contributed by atoms with E-state index in [1.165, 1.54) is 0 Å². The fourth-order valence-corrected chi connectivity index (χ4v) is 3.43. The first-order valence-electron chi connectivity index (χ1n) is 8.25. The first kappa shape index (κ1) is 16.4. The summed E-state index contributed by atoms with van der Waals surface area (Å²) in [5.41, 5.74) is 3.66. The number of aromatic nitrogens is 4. The highest BCUT2D eigenvalue weighted by molar-refractivity contribution is 7.08. The summed E-state index contributed by atoms with van der Waals surface area (Å²) in [6.45, 7) is 4.08. The van der Waals surface area contributed by atoms with Crippen LogP contribution in [0.1, 0.15) is 30.2 Å². The SMILES string of the molecule is CC(C)n1ncc2c(C(=O)Nc3cccnc3)cc(-c3ccsc3)nc21. The van der Waals surface area contributed by atoms with E-state index >= 15 is 0 Å². The molecule has 0 saturated carbocycles. The molecule has 4 aromatic heterocycles. The monoisotopic (exact) mass is 363 g/mol. The van der Waals surface area contributed by atoms with E-state index in [9.17, 15) is 4.79 Å². The van der Waals surface area contributed by atoms with Gasteiger partial charge in [-0.2, -0.15) is 16.4 Å². The van der Waals surface area contributed by atoms with Gasteiger partial charge >= 0.3 is 0 Å². The maximum atomic E-state index is 12.9. The zero-order valence-electron chi connectivity index (χ0n) is 14.4. The fourth-order valence-electron chi connectivity index (χ4n) is 2.78. The number of thiophene rings is 1. The van der Waals surface area contributed by atoms with E-state index < -0.39 is 0 Å². The molecule has 0 aliphatic rings. The summed E-state index contributed by atoms with van der Waals surface area (Å²) in [7, 11) is 0. The van der Waals surface area contributed by atoms with Crippen molar-refractivity contribution >= 4 is 34.0 Å². The van der Waals surface area contributed by atoms with Crippen LogP contribution in [0.2, 0.25) is 0 Å². The molecular weight excluding hydrogens is 346 g/mol. The van der Waals surface area contributed by atoms with Gasteiger partial charge in [-0.05, 0) is 43.5 Å². The molecule has 1 N–H and O–H groups in total. The Hall–Kier alpha value is -3.06. The van der Waals surface area contributed by atoms with Crippen molar-refractivity contribution in [2.45, 2.75) is 19.9 Å². The number of hydrogen-bond acceptors (Lipinski definition) is 5. The van der Waals surface area contributed by atoms with Gasteiger partial charge in [0.25, 0.3) is 5.91 Å². The van der Waals surface area contributed by atoms with Crippen LogP contribution in [0.5, 0.6) is 0 Å². The molecule has 0 unspecified atom stereocenters. The van der Waals surface area contributed by atoms with Crippen LogP contribution in [0.4, 0.5) is 5.69 Å². The number of anilines is 1. The number of carbonyl (C=O) groups excluding carboxylic acids is 1. The Balaban J connectivity index is 1.85. The second kappa shape index (κ2) is 6.68. The van der Waals surface area contributed by atoms with Crippen molar-refractivity contribution < 1.29 is 4.79 Å². The average Bonchev–Trinajstić information content (AvgIpc) is 3.31. The van der Waals surface area contributed by atoms with Crippen LogP contribution in [0.25, 0.3) is 22.3 Å². The summed E-state index contributed by atoms with van der Waals surface area (Å²) in [5, 5.41) is 12.1.